The predicted molar refractivity (Wildman–Crippen MR) is 86.6 cm³/mol. The first-order valence-electron chi connectivity index (χ1n) is 7.31. The lowest BCUT2D eigenvalue weighted by atomic mass is 10.2. The molecular weight excluding hydrogens is 296 g/mol. The minimum Gasteiger partial charge on any atom is -0.353 e. The molecule has 1 N–H and O–H groups in total. The fraction of sp³-hybridized carbons (Fsp3) is 0.250. The van der Waals surface area contributed by atoms with Crippen LogP contribution >= 0.6 is 0 Å². The summed E-state index contributed by atoms with van der Waals surface area (Å²) in [4.78, 5) is 25.9. The molecule has 120 valence electrons. The molecule has 1 aromatic carbocycles. The standard InChI is InChI=1S/C16H18N4O3/c21-16(18-8-1-2-10-19-11-9-17-13-19)7-6-14-4-3-5-15(12-14)20(22)23/h3-7,9,11-13H,1-2,8,10H2,(H,18,21)/b7-6-. The van der Waals surface area contributed by atoms with Gasteiger partial charge in [0.2, 0.25) is 5.91 Å². The highest BCUT2D eigenvalue weighted by Gasteiger charge is 2.04. The Morgan fingerprint density at radius 1 is 1.39 bits per heavy atom. The lowest BCUT2D eigenvalue weighted by Gasteiger charge is -2.03. The van der Waals surface area contributed by atoms with E-state index in [1.165, 1.54) is 18.2 Å². The molecular formula is C16H18N4O3. The van der Waals surface area contributed by atoms with Crippen molar-refractivity contribution < 1.29 is 9.72 Å². The summed E-state index contributed by atoms with van der Waals surface area (Å²) in [5, 5.41) is 13.5. The summed E-state index contributed by atoms with van der Waals surface area (Å²) in [6, 6.07) is 6.14. The first-order chi connectivity index (χ1) is 11.1. The number of aromatic nitrogens is 2. The van der Waals surface area contributed by atoms with Gasteiger partial charge < -0.3 is 9.88 Å². The summed E-state index contributed by atoms with van der Waals surface area (Å²) < 4.78 is 1.99. The van der Waals surface area contributed by atoms with E-state index in [4.69, 9.17) is 0 Å². The number of imidazole rings is 1. The van der Waals surface area contributed by atoms with Crippen LogP contribution in [0.15, 0.2) is 49.1 Å². The molecule has 1 amide bonds. The smallest absolute Gasteiger partial charge is 0.270 e. The van der Waals surface area contributed by atoms with E-state index in [0.29, 0.717) is 12.1 Å². The highest BCUT2D eigenvalue weighted by Crippen LogP contribution is 2.13. The lowest BCUT2D eigenvalue weighted by molar-refractivity contribution is -0.384. The number of nitrogens with one attached hydrogen (secondary N) is 1. The Kier molecular flexibility index (Phi) is 6.05. The number of rotatable bonds is 8. The van der Waals surface area contributed by atoms with Crippen LogP contribution in [0.4, 0.5) is 5.69 Å². The number of aryl methyl sites for hydroxylation is 1. The monoisotopic (exact) mass is 314 g/mol. The van der Waals surface area contributed by atoms with Crippen LogP contribution in [0.2, 0.25) is 0 Å². The van der Waals surface area contributed by atoms with Gasteiger partial charge >= 0.3 is 0 Å². The molecule has 0 aliphatic rings. The summed E-state index contributed by atoms with van der Waals surface area (Å²) in [5.74, 6) is -0.209. The second-order valence-electron chi connectivity index (χ2n) is 4.98. The van der Waals surface area contributed by atoms with Gasteiger partial charge in [0.25, 0.3) is 5.69 Å². The number of carbonyl (C=O) groups excluding carboxylic acids is 1. The highest BCUT2D eigenvalue weighted by atomic mass is 16.6. The molecule has 7 nitrogen and oxygen atoms in total. The molecule has 1 heterocycles. The molecule has 0 bridgehead atoms. The summed E-state index contributed by atoms with van der Waals surface area (Å²) in [6.45, 7) is 1.46. The van der Waals surface area contributed by atoms with E-state index in [1.807, 2.05) is 10.8 Å². The van der Waals surface area contributed by atoms with Crippen molar-refractivity contribution in [3.63, 3.8) is 0 Å². The average Bonchev–Trinajstić information content (AvgIpc) is 3.06. The van der Waals surface area contributed by atoms with Crippen LogP contribution in [0.3, 0.4) is 0 Å². The zero-order valence-electron chi connectivity index (χ0n) is 12.6. The van der Waals surface area contributed by atoms with Gasteiger partial charge in [0.1, 0.15) is 0 Å². The van der Waals surface area contributed by atoms with E-state index < -0.39 is 4.92 Å². The Morgan fingerprint density at radius 2 is 2.26 bits per heavy atom. The van der Waals surface area contributed by atoms with Crippen molar-refractivity contribution in [1.82, 2.24) is 14.9 Å². The van der Waals surface area contributed by atoms with Crippen molar-refractivity contribution in [2.75, 3.05) is 6.54 Å². The molecule has 2 rings (SSSR count). The minimum absolute atomic E-state index is 0.00654. The molecule has 2 aromatic rings. The topological polar surface area (TPSA) is 90.1 Å². The van der Waals surface area contributed by atoms with Gasteiger partial charge in [-0.1, -0.05) is 12.1 Å². The van der Waals surface area contributed by atoms with Gasteiger partial charge in [0, 0.05) is 43.7 Å². The maximum atomic E-state index is 11.7. The quantitative estimate of drug-likeness (QED) is 0.350. The van der Waals surface area contributed by atoms with Crippen molar-refractivity contribution in [3.8, 4) is 0 Å². The molecule has 23 heavy (non-hydrogen) atoms. The fourth-order valence-electron chi connectivity index (χ4n) is 2.02. The Bertz CT molecular complexity index is 680. The summed E-state index contributed by atoms with van der Waals surface area (Å²) in [6.07, 6.45) is 10.2. The number of unbranched alkanes of at least 4 members (excludes halogenated alkanes) is 1. The molecule has 0 unspecified atom stereocenters. The van der Waals surface area contributed by atoms with E-state index in [2.05, 4.69) is 10.3 Å². The van der Waals surface area contributed by atoms with Crippen molar-refractivity contribution in [2.24, 2.45) is 0 Å². The third kappa shape index (κ3) is 5.74. The third-order valence-electron chi connectivity index (χ3n) is 3.21. The molecule has 0 fully saturated rings. The fourth-order valence-corrected chi connectivity index (χ4v) is 2.02. The van der Waals surface area contributed by atoms with Crippen LogP contribution < -0.4 is 5.32 Å². The van der Waals surface area contributed by atoms with Crippen molar-refractivity contribution in [2.45, 2.75) is 19.4 Å². The van der Waals surface area contributed by atoms with E-state index >= 15 is 0 Å². The van der Waals surface area contributed by atoms with Crippen LogP contribution in [-0.2, 0) is 11.3 Å². The average molecular weight is 314 g/mol. The second kappa shape index (κ2) is 8.47. The number of nitro benzene ring substituents is 1. The number of benzene rings is 1. The number of hydrogen-bond donors (Lipinski definition) is 1. The van der Waals surface area contributed by atoms with E-state index in [9.17, 15) is 14.9 Å². The molecule has 0 spiro atoms. The molecule has 0 aliphatic heterocycles. The van der Waals surface area contributed by atoms with E-state index in [0.717, 1.165) is 19.4 Å². The zero-order chi connectivity index (χ0) is 16.5. The van der Waals surface area contributed by atoms with Gasteiger partial charge in [0.05, 0.1) is 11.3 Å². The van der Waals surface area contributed by atoms with Crippen LogP contribution in [-0.4, -0.2) is 26.9 Å². The van der Waals surface area contributed by atoms with E-state index in [-0.39, 0.29) is 11.6 Å². The Labute approximate surface area is 133 Å². The van der Waals surface area contributed by atoms with Gasteiger partial charge in [-0.15, -0.1) is 0 Å². The van der Waals surface area contributed by atoms with Gasteiger partial charge in [0.15, 0.2) is 0 Å². The molecule has 0 saturated carbocycles. The number of nitrogens with zero attached hydrogens (tertiary/aromatic N) is 3. The van der Waals surface area contributed by atoms with Crippen molar-refractivity contribution in [1.29, 1.82) is 0 Å². The Hall–Kier alpha value is -2.96. The summed E-state index contributed by atoms with van der Waals surface area (Å²) >= 11 is 0. The third-order valence-corrected chi connectivity index (χ3v) is 3.21. The van der Waals surface area contributed by atoms with Gasteiger partial charge in [-0.25, -0.2) is 4.98 Å². The largest absolute Gasteiger partial charge is 0.353 e. The first-order valence-corrected chi connectivity index (χ1v) is 7.31. The van der Waals surface area contributed by atoms with Gasteiger partial charge in [-0.2, -0.15) is 0 Å². The zero-order valence-corrected chi connectivity index (χ0v) is 12.6. The predicted octanol–water partition coefficient (Wildman–Crippen LogP) is 2.40. The molecule has 1 aromatic heterocycles. The van der Waals surface area contributed by atoms with Gasteiger partial charge in [-0.05, 0) is 24.5 Å². The van der Waals surface area contributed by atoms with Crippen molar-refractivity contribution in [3.05, 3.63) is 64.7 Å². The Balaban J connectivity index is 1.69. The molecule has 7 heteroatoms. The number of amides is 1. The van der Waals surface area contributed by atoms with Gasteiger partial charge in [-0.3, -0.25) is 14.9 Å². The molecule has 0 aliphatic carbocycles. The SMILES string of the molecule is O=C(/C=C\c1cccc([N+](=O)[O-])c1)NCCCCn1ccnc1. The number of non-ortho nitro benzene ring substituents is 1. The highest BCUT2D eigenvalue weighted by molar-refractivity contribution is 5.91. The Morgan fingerprint density at radius 3 is 3.00 bits per heavy atom. The van der Waals surface area contributed by atoms with Crippen molar-refractivity contribution >= 4 is 17.7 Å². The van der Waals surface area contributed by atoms with Crippen LogP contribution in [0, 0.1) is 10.1 Å². The van der Waals surface area contributed by atoms with Crippen LogP contribution in [0.1, 0.15) is 18.4 Å². The second-order valence-corrected chi connectivity index (χ2v) is 4.98. The molecule has 0 radical (unpaired) electrons. The van der Waals surface area contributed by atoms with Crippen LogP contribution in [0.5, 0.6) is 0 Å². The number of carbonyl (C=O) groups is 1. The molecule has 0 atom stereocenters. The van der Waals surface area contributed by atoms with E-state index in [1.54, 1.807) is 30.7 Å². The summed E-state index contributed by atoms with van der Waals surface area (Å²) in [5.41, 5.74) is 0.626. The minimum atomic E-state index is -0.461. The first kappa shape index (κ1) is 16.4. The van der Waals surface area contributed by atoms with Crippen LogP contribution in [0.25, 0.3) is 6.08 Å². The maximum Gasteiger partial charge on any atom is 0.270 e. The normalized spacial score (nSPS) is 10.8. The summed E-state index contributed by atoms with van der Waals surface area (Å²) in [7, 11) is 0. The number of hydrogen-bond acceptors (Lipinski definition) is 4. The maximum absolute atomic E-state index is 11.7. The lowest BCUT2D eigenvalue weighted by Crippen LogP contribution is -2.22. The number of nitro groups is 1. The molecule has 0 saturated heterocycles.